The number of hydrogen-bond acceptors (Lipinski definition) is 4. The molecule has 0 bridgehead atoms. The average Bonchev–Trinajstić information content (AvgIpc) is 2.43. The Morgan fingerprint density at radius 1 is 1.15 bits per heavy atom. The molecule has 0 saturated carbocycles. The summed E-state index contributed by atoms with van der Waals surface area (Å²) in [6.45, 7) is 16.1. The van der Waals surface area contributed by atoms with E-state index < -0.39 is 11.2 Å². The molecule has 0 fully saturated rings. The molecule has 0 aliphatic carbocycles. The largest absolute Gasteiger partial charge is 0.458 e. The maximum absolute atomic E-state index is 12.5. The van der Waals surface area contributed by atoms with Crippen molar-refractivity contribution >= 4 is 17.7 Å². The molecule has 1 unspecified atom stereocenters. The summed E-state index contributed by atoms with van der Waals surface area (Å²) in [4.78, 5) is 14.6. The van der Waals surface area contributed by atoms with Crippen molar-refractivity contribution in [3.05, 3.63) is 35.9 Å². The van der Waals surface area contributed by atoms with Crippen molar-refractivity contribution in [2.45, 2.75) is 72.6 Å². The second-order valence-electron chi connectivity index (χ2n) is 9.11. The molecule has 146 valence electrons. The molecule has 1 aliphatic rings. The van der Waals surface area contributed by atoms with E-state index in [-0.39, 0.29) is 12.0 Å². The van der Waals surface area contributed by atoms with Gasteiger partial charge in [0.2, 0.25) is 0 Å². The van der Waals surface area contributed by atoms with Crippen molar-refractivity contribution in [3.63, 3.8) is 0 Å². The smallest absolute Gasteiger partial charge is 0.333 e. The summed E-state index contributed by atoms with van der Waals surface area (Å²) in [5.74, 6) is 0.281. The van der Waals surface area contributed by atoms with Gasteiger partial charge in [-0.05, 0) is 59.1 Å². The molecule has 1 heterocycles. The number of para-hydroxylation sites is 1. The molecule has 0 amide bonds. The number of carbonyl (C=O) groups excluding carboxylic acids is 1. The molecule has 1 atom stereocenters. The summed E-state index contributed by atoms with van der Waals surface area (Å²) in [5, 5.41) is 8.52. The minimum Gasteiger partial charge on any atom is -0.458 e. The van der Waals surface area contributed by atoms with Crippen LogP contribution in [0.1, 0.15) is 61.0 Å². The van der Waals surface area contributed by atoms with Gasteiger partial charge in [0, 0.05) is 12.2 Å². The van der Waals surface area contributed by atoms with Crippen LogP contribution in [0.25, 0.3) is 6.08 Å². The Labute approximate surface area is 158 Å². The van der Waals surface area contributed by atoms with Crippen molar-refractivity contribution in [3.8, 4) is 0 Å². The lowest BCUT2D eigenvalue weighted by Gasteiger charge is -2.36. The van der Waals surface area contributed by atoms with Crippen LogP contribution in [0.2, 0.25) is 0 Å². The fourth-order valence-corrected chi connectivity index (χ4v) is 2.51. The van der Waals surface area contributed by atoms with Gasteiger partial charge < -0.3 is 14.7 Å². The maximum Gasteiger partial charge on any atom is 0.333 e. The lowest BCUT2D eigenvalue weighted by atomic mass is 10.0. The number of benzene rings is 1. The molecule has 1 aliphatic heterocycles. The van der Waals surface area contributed by atoms with E-state index in [0.717, 1.165) is 17.8 Å². The van der Waals surface area contributed by atoms with Crippen molar-refractivity contribution in [1.29, 1.82) is 0 Å². The predicted molar refractivity (Wildman–Crippen MR) is 109 cm³/mol. The summed E-state index contributed by atoms with van der Waals surface area (Å²) in [6, 6.07) is 7.83. The van der Waals surface area contributed by atoms with Gasteiger partial charge in [-0.1, -0.05) is 44.2 Å². The van der Waals surface area contributed by atoms with Crippen LogP contribution in [0.3, 0.4) is 0 Å². The van der Waals surface area contributed by atoms with Gasteiger partial charge >= 0.3 is 5.97 Å². The van der Waals surface area contributed by atoms with Crippen LogP contribution >= 0.6 is 0 Å². The highest BCUT2D eigenvalue weighted by Gasteiger charge is 2.31. The van der Waals surface area contributed by atoms with E-state index in [9.17, 15) is 4.79 Å². The summed E-state index contributed by atoms with van der Waals surface area (Å²) in [7, 11) is 0. The average molecular weight is 362 g/mol. The number of rotatable bonds is 3. The first-order valence-corrected chi connectivity index (χ1v) is 9.27. The van der Waals surface area contributed by atoms with Crippen molar-refractivity contribution in [1.82, 2.24) is 0 Å². The molecule has 0 spiro atoms. The van der Waals surface area contributed by atoms with Crippen LogP contribution in [0.5, 0.6) is 0 Å². The van der Waals surface area contributed by atoms with Gasteiger partial charge in [-0.25, -0.2) is 4.79 Å². The highest BCUT2D eigenvalue weighted by molar-refractivity contribution is 5.88. The molecule has 4 nitrogen and oxygen atoms in total. The fourth-order valence-electron chi connectivity index (χ4n) is 2.51. The van der Waals surface area contributed by atoms with Crippen LogP contribution in [-0.4, -0.2) is 34.9 Å². The van der Waals surface area contributed by atoms with Crippen LogP contribution in [0, 0.1) is 5.92 Å². The van der Waals surface area contributed by atoms with E-state index in [1.54, 1.807) is 20.8 Å². The zero-order valence-corrected chi connectivity index (χ0v) is 17.5. The lowest BCUT2D eigenvalue weighted by molar-refractivity contribution is -0.155. The highest BCUT2D eigenvalue weighted by atomic mass is 16.6. The zero-order valence-electron chi connectivity index (χ0n) is 17.5. The lowest BCUT2D eigenvalue weighted by Crippen LogP contribution is -2.46. The van der Waals surface area contributed by atoms with Gasteiger partial charge in [-0.3, -0.25) is 0 Å². The summed E-state index contributed by atoms with van der Waals surface area (Å²) in [5.41, 5.74) is 1.29. The van der Waals surface area contributed by atoms with Crippen molar-refractivity contribution in [2.24, 2.45) is 5.92 Å². The summed E-state index contributed by atoms with van der Waals surface area (Å²) in [6.07, 6.45) is 3.96. The van der Waals surface area contributed by atoms with E-state index in [2.05, 4.69) is 30.9 Å². The van der Waals surface area contributed by atoms with E-state index >= 15 is 0 Å². The van der Waals surface area contributed by atoms with Crippen molar-refractivity contribution in [2.75, 3.05) is 11.4 Å². The molecule has 26 heavy (non-hydrogen) atoms. The number of hydrogen-bond donors (Lipinski definition) is 1. The number of nitrogens with zero attached hydrogens (tertiary/aromatic N) is 1. The second kappa shape index (κ2) is 8.72. The Morgan fingerprint density at radius 3 is 2.19 bits per heavy atom. The molecular formula is C22H35NO3. The van der Waals surface area contributed by atoms with E-state index in [0.29, 0.717) is 5.92 Å². The SMILES string of the molecule is CC(C)(C)O.CC(C)CN1c2ccccc2C=CC1C(=O)OC(C)(C)C. The first-order chi connectivity index (χ1) is 11.8. The highest BCUT2D eigenvalue weighted by Crippen LogP contribution is 2.30. The second-order valence-corrected chi connectivity index (χ2v) is 9.11. The van der Waals surface area contributed by atoms with Gasteiger partial charge in [0.05, 0.1) is 5.60 Å². The molecular weight excluding hydrogens is 326 g/mol. The van der Waals surface area contributed by atoms with Gasteiger partial charge in [-0.2, -0.15) is 0 Å². The summed E-state index contributed by atoms with van der Waals surface area (Å²) >= 11 is 0. The Morgan fingerprint density at radius 2 is 1.69 bits per heavy atom. The molecule has 0 radical (unpaired) electrons. The minimum absolute atomic E-state index is 0.186. The minimum atomic E-state index is -0.500. The van der Waals surface area contributed by atoms with Crippen LogP contribution < -0.4 is 4.90 Å². The van der Waals surface area contributed by atoms with E-state index in [1.807, 2.05) is 45.1 Å². The van der Waals surface area contributed by atoms with Gasteiger partial charge in [0.15, 0.2) is 0 Å². The Balaban J connectivity index is 0.000000597. The van der Waals surface area contributed by atoms with Crippen LogP contribution in [0.4, 0.5) is 5.69 Å². The number of esters is 1. The zero-order chi connectivity index (χ0) is 20.1. The van der Waals surface area contributed by atoms with Crippen LogP contribution in [0.15, 0.2) is 30.3 Å². The normalized spacial score (nSPS) is 16.7. The Hall–Kier alpha value is -1.81. The quantitative estimate of drug-likeness (QED) is 0.795. The number of aliphatic hydroxyl groups is 1. The molecule has 1 aromatic rings. The van der Waals surface area contributed by atoms with E-state index in [1.165, 1.54) is 0 Å². The van der Waals surface area contributed by atoms with Gasteiger partial charge in [0.25, 0.3) is 0 Å². The number of ether oxygens (including phenoxy) is 1. The molecule has 2 rings (SSSR count). The van der Waals surface area contributed by atoms with Gasteiger partial charge in [-0.15, -0.1) is 0 Å². The van der Waals surface area contributed by atoms with Gasteiger partial charge in [0.1, 0.15) is 11.6 Å². The Bertz CT molecular complexity index is 615. The van der Waals surface area contributed by atoms with E-state index in [4.69, 9.17) is 9.84 Å². The predicted octanol–water partition coefficient (Wildman–Crippen LogP) is 4.66. The van der Waals surface area contributed by atoms with Crippen LogP contribution in [-0.2, 0) is 9.53 Å². The molecule has 0 saturated heterocycles. The molecule has 1 aromatic carbocycles. The third-order valence-electron chi connectivity index (χ3n) is 3.25. The number of carbonyl (C=O) groups is 1. The summed E-state index contributed by atoms with van der Waals surface area (Å²) < 4.78 is 5.57. The third kappa shape index (κ3) is 8.05. The number of anilines is 1. The Kier molecular flexibility index (Phi) is 7.45. The number of fused-ring (bicyclic) bond motifs is 1. The molecule has 4 heteroatoms. The molecule has 1 N–H and O–H groups in total. The fraction of sp³-hybridized carbons (Fsp3) is 0.591. The topological polar surface area (TPSA) is 49.8 Å². The monoisotopic (exact) mass is 361 g/mol. The first kappa shape index (κ1) is 22.2. The first-order valence-electron chi connectivity index (χ1n) is 9.27. The third-order valence-corrected chi connectivity index (χ3v) is 3.25. The van der Waals surface area contributed by atoms with Crippen molar-refractivity contribution < 1.29 is 14.6 Å². The standard InChI is InChI=1S/C18H25NO2.C4H10O/c1-13(2)12-19-15-9-7-6-8-14(15)10-11-16(19)17(20)21-18(3,4)5;1-4(2,3)5/h6-11,13,16H,12H2,1-5H3;5H,1-3H3. The maximum atomic E-state index is 12.5. The molecule has 0 aromatic heterocycles.